The number of nitriles is 1. The molecule has 0 unspecified atom stereocenters. The van der Waals surface area contributed by atoms with Crippen LogP contribution in [0.5, 0.6) is 0 Å². The zero-order chi connectivity index (χ0) is 10.8. The van der Waals surface area contributed by atoms with E-state index in [9.17, 15) is 0 Å². The molecule has 0 amide bonds. The zero-order valence-electron chi connectivity index (χ0n) is 8.76. The van der Waals surface area contributed by atoms with E-state index in [1.54, 1.807) is 0 Å². The van der Waals surface area contributed by atoms with E-state index in [2.05, 4.69) is 13.0 Å². The van der Waals surface area contributed by atoms with Crippen molar-refractivity contribution >= 4 is 11.6 Å². The fraction of sp³-hybridized carbons (Fsp3) is 0.417. The van der Waals surface area contributed by atoms with Crippen LogP contribution in [0.4, 0.5) is 0 Å². The molecule has 0 saturated heterocycles. The summed E-state index contributed by atoms with van der Waals surface area (Å²) in [4.78, 5) is 0. The second kappa shape index (κ2) is 4.02. The molecule has 14 heavy (non-hydrogen) atoms. The Labute approximate surface area is 90.3 Å². The molecule has 1 nitrogen and oxygen atoms in total. The van der Waals surface area contributed by atoms with Gasteiger partial charge in [-0.3, -0.25) is 0 Å². The van der Waals surface area contributed by atoms with Crippen LogP contribution in [-0.2, 0) is 11.8 Å². The molecule has 0 fully saturated rings. The Morgan fingerprint density at radius 2 is 2.07 bits per heavy atom. The number of nitrogens with zero attached hydrogens (tertiary/aromatic N) is 1. The predicted molar refractivity (Wildman–Crippen MR) is 59.5 cm³/mol. The van der Waals surface area contributed by atoms with Gasteiger partial charge in [0.1, 0.15) is 0 Å². The van der Waals surface area contributed by atoms with Crippen LogP contribution >= 0.6 is 11.6 Å². The molecule has 0 aliphatic heterocycles. The smallest absolute Gasteiger partial charge is 0.0769 e. The summed E-state index contributed by atoms with van der Waals surface area (Å²) in [5.74, 6) is 0. The first kappa shape index (κ1) is 11.1. The van der Waals surface area contributed by atoms with Crippen molar-refractivity contribution in [2.75, 3.05) is 0 Å². The number of halogens is 1. The topological polar surface area (TPSA) is 23.8 Å². The molecule has 0 saturated carbocycles. The fourth-order valence-electron chi connectivity index (χ4n) is 1.50. The van der Waals surface area contributed by atoms with Crippen LogP contribution < -0.4 is 0 Å². The van der Waals surface area contributed by atoms with Gasteiger partial charge < -0.3 is 0 Å². The lowest BCUT2D eigenvalue weighted by molar-refractivity contribution is 0.677. The third kappa shape index (κ3) is 2.08. The maximum atomic E-state index is 9.07. The third-order valence-corrected chi connectivity index (χ3v) is 2.64. The third-order valence-electron chi connectivity index (χ3n) is 2.41. The van der Waals surface area contributed by atoms with Crippen molar-refractivity contribution in [1.82, 2.24) is 0 Å². The van der Waals surface area contributed by atoms with Crippen LogP contribution in [0.3, 0.4) is 0 Å². The number of hydrogen-bond donors (Lipinski definition) is 0. The van der Waals surface area contributed by atoms with Crippen molar-refractivity contribution in [2.45, 2.75) is 32.6 Å². The van der Waals surface area contributed by atoms with E-state index in [0.717, 1.165) is 12.0 Å². The molecule has 1 aromatic rings. The predicted octanol–water partition coefficient (Wildman–Crippen LogP) is 3.70. The molecule has 74 valence electrons. The summed E-state index contributed by atoms with van der Waals surface area (Å²) in [5, 5.41) is 9.76. The minimum Gasteiger partial charge on any atom is -0.197 e. The Bertz CT molecular complexity index is 374. The molecular formula is C12H14ClN. The highest BCUT2D eigenvalue weighted by Crippen LogP contribution is 2.28. The van der Waals surface area contributed by atoms with Gasteiger partial charge >= 0.3 is 0 Å². The molecule has 2 heteroatoms. The van der Waals surface area contributed by atoms with E-state index in [0.29, 0.717) is 5.02 Å². The van der Waals surface area contributed by atoms with Gasteiger partial charge in [-0.25, -0.2) is 0 Å². The average molecular weight is 208 g/mol. The highest BCUT2D eigenvalue weighted by atomic mass is 35.5. The van der Waals surface area contributed by atoms with Crippen molar-refractivity contribution < 1.29 is 0 Å². The van der Waals surface area contributed by atoms with Gasteiger partial charge in [0.15, 0.2) is 0 Å². The number of benzene rings is 1. The van der Waals surface area contributed by atoms with Crippen LogP contribution in [0.2, 0.25) is 5.02 Å². The standard InChI is InChI=1S/C12H14ClN/c1-4-9-5-6-10(13)7-11(9)12(2,3)8-14/h5-7H,4H2,1-3H3. The van der Waals surface area contributed by atoms with Crippen LogP contribution in [0.1, 0.15) is 31.9 Å². The van der Waals surface area contributed by atoms with E-state index in [1.807, 2.05) is 32.0 Å². The average Bonchev–Trinajstić information content (AvgIpc) is 2.18. The summed E-state index contributed by atoms with van der Waals surface area (Å²) in [6.45, 7) is 5.91. The summed E-state index contributed by atoms with van der Waals surface area (Å²) >= 11 is 5.93. The minimum atomic E-state index is -0.462. The number of aryl methyl sites for hydroxylation is 1. The molecule has 0 heterocycles. The molecule has 0 atom stereocenters. The molecule has 1 aromatic carbocycles. The quantitative estimate of drug-likeness (QED) is 0.726. The van der Waals surface area contributed by atoms with E-state index in [-0.39, 0.29) is 0 Å². The Morgan fingerprint density at radius 3 is 2.57 bits per heavy atom. The largest absolute Gasteiger partial charge is 0.197 e. The van der Waals surface area contributed by atoms with Gasteiger partial charge in [-0.05, 0) is 43.5 Å². The highest BCUT2D eigenvalue weighted by Gasteiger charge is 2.22. The second-order valence-corrected chi connectivity index (χ2v) is 4.33. The van der Waals surface area contributed by atoms with Gasteiger partial charge in [0.2, 0.25) is 0 Å². The molecule has 0 N–H and O–H groups in total. The first-order valence-electron chi connectivity index (χ1n) is 4.71. The minimum absolute atomic E-state index is 0.462. The van der Waals surface area contributed by atoms with Crippen molar-refractivity contribution in [2.24, 2.45) is 0 Å². The number of hydrogen-bond acceptors (Lipinski definition) is 1. The monoisotopic (exact) mass is 207 g/mol. The Kier molecular flexibility index (Phi) is 3.18. The molecule has 0 radical (unpaired) electrons. The molecule has 0 aliphatic rings. The normalized spacial score (nSPS) is 11.1. The first-order valence-corrected chi connectivity index (χ1v) is 5.09. The van der Waals surface area contributed by atoms with Crippen molar-refractivity contribution in [3.63, 3.8) is 0 Å². The lowest BCUT2D eigenvalue weighted by Gasteiger charge is -2.19. The van der Waals surface area contributed by atoms with Crippen LogP contribution in [-0.4, -0.2) is 0 Å². The zero-order valence-corrected chi connectivity index (χ0v) is 9.52. The molecule has 1 rings (SSSR count). The lowest BCUT2D eigenvalue weighted by Crippen LogP contribution is -2.16. The summed E-state index contributed by atoms with van der Waals surface area (Å²) in [6, 6.07) is 8.06. The van der Waals surface area contributed by atoms with E-state index in [1.165, 1.54) is 5.56 Å². The number of rotatable bonds is 2. The summed E-state index contributed by atoms with van der Waals surface area (Å²) in [5.41, 5.74) is 1.77. The Balaban J connectivity index is 3.32. The van der Waals surface area contributed by atoms with Crippen molar-refractivity contribution in [1.29, 1.82) is 5.26 Å². The van der Waals surface area contributed by atoms with Gasteiger partial charge in [0.05, 0.1) is 11.5 Å². The Morgan fingerprint density at radius 1 is 1.43 bits per heavy atom. The summed E-state index contributed by atoms with van der Waals surface area (Å²) in [6.07, 6.45) is 0.928. The summed E-state index contributed by atoms with van der Waals surface area (Å²) < 4.78 is 0. The van der Waals surface area contributed by atoms with Crippen molar-refractivity contribution in [3.05, 3.63) is 34.3 Å². The molecule has 0 spiro atoms. The maximum absolute atomic E-state index is 9.07. The van der Waals surface area contributed by atoms with Crippen LogP contribution in [0, 0.1) is 11.3 Å². The van der Waals surface area contributed by atoms with Crippen molar-refractivity contribution in [3.8, 4) is 6.07 Å². The van der Waals surface area contributed by atoms with Crippen LogP contribution in [0.15, 0.2) is 18.2 Å². The SMILES string of the molecule is CCc1ccc(Cl)cc1C(C)(C)C#N. The molecular weight excluding hydrogens is 194 g/mol. The van der Waals surface area contributed by atoms with E-state index in [4.69, 9.17) is 16.9 Å². The second-order valence-electron chi connectivity index (χ2n) is 3.89. The van der Waals surface area contributed by atoms with Gasteiger partial charge in [-0.15, -0.1) is 0 Å². The molecule has 0 bridgehead atoms. The van der Waals surface area contributed by atoms with E-state index < -0.39 is 5.41 Å². The van der Waals surface area contributed by atoms with Gasteiger partial charge in [0.25, 0.3) is 0 Å². The molecule has 0 aliphatic carbocycles. The fourth-order valence-corrected chi connectivity index (χ4v) is 1.67. The first-order chi connectivity index (χ1) is 6.51. The summed E-state index contributed by atoms with van der Waals surface area (Å²) in [7, 11) is 0. The van der Waals surface area contributed by atoms with E-state index >= 15 is 0 Å². The van der Waals surface area contributed by atoms with Crippen LogP contribution in [0.25, 0.3) is 0 Å². The Hall–Kier alpha value is -1.00. The highest BCUT2D eigenvalue weighted by molar-refractivity contribution is 6.30. The lowest BCUT2D eigenvalue weighted by atomic mass is 9.82. The molecule has 0 aromatic heterocycles. The van der Waals surface area contributed by atoms with Gasteiger partial charge in [-0.2, -0.15) is 5.26 Å². The maximum Gasteiger partial charge on any atom is 0.0769 e. The van der Waals surface area contributed by atoms with Gasteiger partial charge in [0, 0.05) is 5.02 Å². The van der Waals surface area contributed by atoms with Gasteiger partial charge in [-0.1, -0.05) is 24.6 Å².